The Balaban J connectivity index is 1.85. The number of nitrogens with two attached hydrogens (primary N) is 1. The molecule has 1 heterocycles. The molecule has 1 aliphatic heterocycles. The van der Waals surface area contributed by atoms with E-state index in [2.05, 4.69) is 25.7 Å². The van der Waals surface area contributed by atoms with Gasteiger partial charge < -0.3 is 10.5 Å². The second-order valence-corrected chi connectivity index (χ2v) is 7.20. The van der Waals surface area contributed by atoms with E-state index in [9.17, 15) is 4.79 Å². The van der Waals surface area contributed by atoms with Crippen LogP contribution in [0, 0.1) is 5.41 Å². The highest BCUT2D eigenvalue weighted by atomic mass is 16.5. The molecule has 1 atom stereocenters. The zero-order chi connectivity index (χ0) is 16.2. The van der Waals surface area contributed by atoms with Gasteiger partial charge in [0.25, 0.3) is 0 Å². The van der Waals surface area contributed by atoms with Gasteiger partial charge in [0.2, 0.25) is 0 Å². The zero-order valence-corrected chi connectivity index (χ0v) is 14.0. The quantitative estimate of drug-likeness (QED) is 0.849. The number of carbonyl (C=O) groups excluding carboxylic acids is 1. The molecular formula is C18H28N2O2. The number of hydrogen-bond donors (Lipinski definition) is 1. The van der Waals surface area contributed by atoms with Gasteiger partial charge in [-0.1, -0.05) is 32.9 Å². The van der Waals surface area contributed by atoms with Gasteiger partial charge >= 0.3 is 0 Å². The average molecular weight is 304 g/mol. The summed E-state index contributed by atoms with van der Waals surface area (Å²) in [4.78, 5) is 14.6. The lowest BCUT2D eigenvalue weighted by molar-refractivity contribution is -0.119. The fourth-order valence-corrected chi connectivity index (χ4v) is 2.92. The topological polar surface area (TPSA) is 55.6 Å². The van der Waals surface area contributed by atoms with E-state index in [0.29, 0.717) is 18.9 Å². The van der Waals surface area contributed by atoms with E-state index in [0.717, 1.165) is 37.6 Å². The summed E-state index contributed by atoms with van der Waals surface area (Å²) >= 11 is 0. The first-order valence-electron chi connectivity index (χ1n) is 8.04. The van der Waals surface area contributed by atoms with Gasteiger partial charge in [-0.15, -0.1) is 0 Å². The lowest BCUT2D eigenvalue weighted by Crippen LogP contribution is -2.52. The molecule has 1 aromatic rings. The van der Waals surface area contributed by atoms with Crippen LogP contribution in [0.3, 0.4) is 0 Å². The van der Waals surface area contributed by atoms with E-state index in [-0.39, 0.29) is 11.2 Å². The van der Waals surface area contributed by atoms with Crippen molar-refractivity contribution in [2.24, 2.45) is 5.41 Å². The van der Waals surface area contributed by atoms with Crippen molar-refractivity contribution in [3.8, 4) is 0 Å². The van der Waals surface area contributed by atoms with Crippen LogP contribution in [-0.4, -0.2) is 43.0 Å². The summed E-state index contributed by atoms with van der Waals surface area (Å²) in [6, 6.07) is 7.94. The molecule has 1 saturated heterocycles. The predicted octanol–water partition coefficient (Wildman–Crippen LogP) is 2.52. The summed E-state index contributed by atoms with van der Waals surface area (Å²) in [6.45, 7) is 9.95. The van der Waals surface area contributed by atoms with Gasteiger partial charge in [0.05, 0.1) is 13.2 Å². The van der Waals surface area contributed by atoms with Gasteiger partial charge in [-0.25, -0.2) is 0 Å². The van der Waals surface area contributed by atoms with E-state index < -0.39 is 0 Å². The molecule has 0 spiro atoms. The molecule has 4 heteroatoms. The summed E-state index contributed by atoms with van der Waals surface area (Å²) in [5.41, 5.74) is 7.60. The Hall–Kier alpha value is -1.39. The maximum atomic E-state index is 12.2. The van der Waals surface area contributed by atoms with Crippen molar-refractivity contribution in [2.45, 2.75) is 39.7 Å². The molecular weight excluding hydrogens is 276 g/mol. The molecule has 122 valence electrons. The van der Waals surface area contributed by atoms with Crippen LogP contribution in [0.1, 0.15) is 32.8 Å². The number of rotatable bonds is 5. The third-order valence-corrected chi connectivity index (χ3v) is 4.30. The van der Waals surface area contributed by atoms with Crippen LogP contribution in [0.5, 0.6) is 0 Å². The van der Waals surface area contributed by atoms with Gasteiger partial charge in [0.1, 0.15) is 5.78 Å². The van der Waals surface area contributed by atoms with Crippen LogP contribution in [0.15, 0.2) is 24.3 Å². The van der Waals surface area contributed by atoms with Crippen molar-refractivity contribution in [1.29, 1.82) is 0 Å². The molecule has 0 amide bonds. The zero-order valence-electron chi connectivity index (χ0n) is 14.0. The number of benzene rings is 1. The van der Waals surface area contributed by atoms with Crippen molar-refractivity contribution in [3.05, 3.63) is 29.8 Å². The summed E-state index contributed by atoms with van der Waals surface area (Å²) in [7, 11) is 0. The van der Waals surface area contributed by atoms with Gasteiger partial charge in [0.15, 0.2) is 0 Å². The molecule has 0 radical (unpaired) electrons. The summed E-state index contributed by atoms with van der Waals surface area (Å²) in [6.07, 6.45) is 1.09. The molecule has 0 aliphatic carbocycles. The molecule has 0 saturated carbocycles. The minimum atomic E-state index is 0.167. The Morgan fingerprint density at radius 2 is 2.00 bits per heavy atom. The van der Waals surface area contributed by atoms with Gasteiger partial charge in [0, 0.05) is 37.7 Å². The minimum Gasteiger partial charge on any atom is -0.399 e. The first-order valence-corrected chi connectivity index (χ1v) is 8.04. The Morgan fingerprint density at radius 3 is 2.64 bits per heavy atom. The first kappa shape index (κ1) is 17.0. The average Bonchev–Trinajstić information content (AvgIpc) is 2.47. The Kier molecular flexibility index (Phi) is 5.59. The van der Waals surface area contributed by atoms with E-state index in [1.807, 2.05) is 24.3 Å². The monoisotopic (exact) mass is 304 g/mol. The molecule has 2 rings (SSSR count). The molecule has 0 bridgehead atoms. The van der Waals surface area contributed by atoms with Crippen LogP contribution in [-0.2, 0) is 16.0 Å². The molecule has 1 fully saturated rings. The Morgan fingerprint density at radius 1 is 1.32 bits per heavy atom. The second kappa shape index (κ2) is 7.25. The molecule has 2 N–H and O–H groups in total. The van der Waals surface area contributed by atoms with Crippen molar-refractivity contribution in [2.75, 3.05) is 32.0 Å². The maximum Gasteiger partial charge on any atom is 0.138 e. The number of morpholine rings is 1. The van der Waals surface area contributed by atoms with Crippen LogP contribution >= 0.6 is 0 Å². The van der Waals surface area contributed by atoms with Crippen molar-refractivity contribution < 1.29 is 9.53 Å². The number of anilines is 1. The second-order valence-electron chi connectivity index (χ2n) is 7.20. The van der Waals surface area contributed by atoms with Gasteiger partial charge in [-0.2, -0.15) is 0 Å². The summed E-state index contributed by atoms with van der Waals surface area (Å²) in [5.74, 6) is 0.281. The smallest absolute Gasteiger partial charge is 0.138 e. The van der Waals surface area contributed by atoms with Gasteiger partial charge in [-0.05, 0) is 23.1 Å². The van der Waals surface area contributed by atoms with Crippen molar-refractivity contribution in [3.63, 3.8) is 0 Å². The Labute approximate surface area is 133 Å². The van der Waals surface area contributed by atoms with E-state index in [1.54, 1.807) is 0 Å². The molecule has 1 aliphatic rings. The number of hydrogen-bond acceptors (Lipinski definition) is 4. The highest BCUT2D eigenvalue weighted by Crippen LogP contribution is 2.26. The van der Waals surface area contributed by atoms with E-state index in [4.69, 9.17) is 10.5 Å². The molecule has 1 aromatic carbocycles. The van der Waals surface area contributed by atoms with E-state index in [1.165, 1.54) is 0 Å². The summed E-state index contributed by atoms with van der Waals surface area (Å²) < 4.78 is 5.61. The van der Waals surface area contributed by atoms with Gasteiger partial charge in [-0.3, -0.25) is 9.69 Å². The van der Waals surface area contributed by atoms with Crippen LogP contribution in [0.2, 0.25) is 0 Å². The lowest BCUT2D eigenvalue weighted by Gasteiger charge is -2.43. The number of carbonyl (C=O) groups is 1. The van der Waals surface area contributed by atoms with Crippen LogP contribution in [0.25, 0.3) is 0 Å². The highest BCUT2D eigenvalue weighted by molar-refractivity contribution is 5.81. The van der Waals surface area contributed by atoms with Crippen LogP contribution in [0.4, 0.5) is 5.69 Å². The number of Topliss-reactive ketones (excluding diaryl/α,β-unsaturated/α-hetero) is 1. The fourth-order valence-electron chi connectivity index (χ4n) is 2.92. The normalized spacial score (nSPS) is 20.0. The standard InChI is InChI=1S/C18H28N2O2/c1-18(2,3)17-13-22-11-10-20(17)9-8-16(21)12-14-4-6-15(19)7-5-14/h4-7,17H,8-13,19H2,1-3H3. The van der Waals surface area contributed by atoms with Crippen molar-refractivity contribution in [1.82, 2.24) is 4.90 Å². The SMILES string of the molecule is CC(C)(C)C1COCCN1CCC(=O)Cc1ccc(N)cc1. The highest BCUT2D eigenvalue weighted by Gasteiger charge is 2.32. The fraction of sp³-hybridized carbons (Fsp3) is 0.611. The number of nitrogens with zero attached hydrogens (tertiary/aromatic N) is 1. The lowest BCUT2D eigenvalue weighted by atomic mass is 9.85. The molecule has 1 unspecified atom stereocenters. The van der Waals surface area contributed by atoms with Crippen LogP contribution < -0.4 is 5.73 Å². The molecule has 0 aromatic heterocycles. The number of ether oxygens (including phenoxy) is 1. The molecule has 22 heavy (non-hydrogen) atoms. The Bertz CT molecular complexity index is 491. The third-order valence-electron chi connectivity index (χ3n) is 4.30. The largest absolute Gasteiger partial charge is 0.399 e. The molecule has 4 nitrogen and oxygen atoms in total. The number of ketones is 1. The minimum absolute atomic E-state index is 0.167. The van der Waals surface area contributed by atoms with E-state index >= 15 is 0 Å². The summed E-state index contributed by atoms with van der Waals surface area (Å²) in [5, 5.41) is 0. The third kappa shape index (κ3) is 4.82. The maximum absolute atomic E-state index is 12.2. The number of nitrogen functional groups attached to an aromatic ring is 1. The predicted molar refractivity (Wildman–Crippen MR) is 89.8 cm³/mol. The van der Waals surface area contributed by atoms with Crippen molar-refractivity contribution >= 4 is 11.5 Å². The first-order chi connectivity index (χ1) is 10.4.